The SMILES string of the molecule is CC(C)(C)OC(=O)N[C@H](Cc1ccccc1)C(=O)NCCS. The molecule has 0 unspecified atom stereocenters. The van der Waals surface area contributed by atoms with E-state index in [1.807, 2.05) is 30.3 Å². The van der Waals surface area contributed by atoms with Crippen molar-refractivity contribution in [1.29, 1.82) is 0 Å². The second-order valence-corrected chi connectivity index (χ2v) is 6.35. The Bertz CT molecular complexity index is 486. The van der Waals surface area contributed by atoms with Gasteiger partial charge in [0.15, 0.2) is 0 Å². The largest absolute Gasteiger partial charge is 0.444 e. The molecule has 0 heterocycles. The van der Waals surface area contributed by atoms with E-state index < -0.39 is 17.7 Å². The lowest BCUT2D eigenvalue weighted by Crippen LogP contribution is -2.49. The summed E-state index contributed by atoms with van der Waals surface area (Å²) in [6.45, 7) is 5.78. The molecule has 0 spiro atoms. The smallest absolute Gasteiger partial charge is 0.408 e. The van der Waals surface area contributed by atoms with Crippen LogP contribution in [-0.2, 0) is 16.0 Å². The first-order valence-electron chi connectivity index (χ1n) is 7.24. The fraction of sp³-hybridized carbons (Fsp3) is 0.500. The number of carbonyl (C=O) groups is 2. The van der Waals surface area contributed by atoms with Gasteiger partial charge < -0.3 is 15.4 Å². The molecule has 2 amide bonds. The molecule has 0 bridgehead atoms. The predicted octanol–water partition coefficient (Wildman–Crippen LogP) is 2.17. The van der Waals surface area contributed by atoms with E-state index in [4.69, 9.17) is 4.74 Å². The Morgan fingerprint density at radius 3 is 2.41 bits per heavy atom. The third-order valence-corrected chi connectivity index (χ3v) is 2.92. The summed E-state index contributed by atoms with van der Waals surface area (Å²) in [6.07, 6.45) is -0.201. The molecule has 122 valence electrons. The molecule has 1 rings (SSSR count). The second kappa shape index (κ2) is 8.68. The molecule has 5 nitrogen and oxygen atoms in total. The van der Waals surface area contributed by atoms with Gasteiger partial charge in [-0.1, -0.05) is 30.3 Å². The van der Waals surface area contributed by atoms with Gasteiger partial charge in [0.25, 0.3) is 0 Å². The fourth-order valence-corrected chi connectivity index (χ4v) is 1.92. The molecule has 0 aromatic heterocycles. The maximum Gasteiger partial charge on any atom is 0.408 e. The van der Waals surface area contributed by atoms with E-state index in [-0.39, 0.29) is 5.91 Å². The molecule has 0 aliphatic heterocycles. The molecule has 1 atom stereocenters. The fourth-order valence-electron chi connectivity index (χ4n) is 1.81. The molecule has 0 saturated heterocycles. The second-order valence-electron chi connectivity index (χ2n) is 5.90. The van der Waals surface area contributed by atoms with Crippen LogP contribution in [-0.4, -0.2) is 35.9 Å². The normalized spacial score (nSPS) is 12.4. The van der Waals surface area contributed by atoms with Crippen molar-refractivity contribution in [2.75, 3.05) is 12.3 Å². The van der Waals surface area contributed by atoms with E-state index in [1.165, 1.54) is 0 Å². The topological polar surface area (TPSA) is 67.4 Å². The molecule has 22 heavy (non-hydrogen) atoms. The average molecular weight is 324 g/mol. The van der Waals surface area contributed by atoms with Gasteiger partial charge in [-0.05, 0) is 26.3 Å². The van der Waals surface area contributed by atoms with Crippen LogP contribution in [0, 0.1) is 0 Å². The summed E-state index contributed by atoms with van der Waals surface area (Å²) < 4.78 is 5.22. The van der Waals surface area contributed by atoms with Crippen molar-refractivity contribution >= 4 is 24.6 Å². The third-order valence-electron chi connectivity index (χ3n) is 2.70. The van der Waals surface area contributed by atoms with Crippen LogP contribution in [0.4, 0.5) is 4.79 Å². The lowest BCUT2D eigenvalue weighted by atomic mass is 10.1. The number of ether oxygens (including phenoxy) is 1. The maximum atomic E-state index is 12.2. The summed E-state index contributed by atoms with van der Waals surface area (Å²) >= 11 is 4.06. The minimum atomic E-state index is -0.683. The van der Waals surface area contributed by atoms with Crippen LogP contribution in [0.25, 0.3) is 0 Å². The van der Waals surface area contributed by atoms with Crippen molar-refractivity contribution in [2.24, 2.45) is 0 Å². The van der Waals surface area contributed by atoms with Gasteiger partial charge in [-0.2, -0.15) is 12.6 Å². The number of benzene rings is 1. The van der Waals surface area contributed by atoms with E-state index in [1.54, 1.807) is 20.8 Å². The van der Waals surface area contributed by atoms with Crippen LogP contribution in [0.3, 0.4) is 0 Å². The van der Waals surface area contributed by atoms with Crippen LogP contribution < -0.4 is 10.6 Å². The lowest BCUT2D eigenvalue weighted by molar-refractivity contribution is -0.123. The van der Waals surface area contributed by atoms with Gasteiger partial charge >= 0.3 is 6.09 Å². The maximum absolute atomic E-state index is 12.2. The molecule has 0 aliphatic carbocycles. The number of thiol groups is 1. The van der Waals surface area contributed by atoms with Gasteiger partial charge in [0.2, 0.25) is 5.91 Å². The first-order valence-corrected chi connectivity index (χ1v) is 7.87. The zero-order valence-corrected chi connectivity index (χ0v) is 14.2. The van der Waals surface area contributed by atoms with Gasteiger partial charge in [0.05, 0.1) is 0 Å². The molecule has 1 aromatic carbocycles. The van der Waals surface area contributed by atoms with Crippen LogP contribution in [0.5, 0.6) is 0 Å². The van der Waals surface area contributed by atoms with E-state index in [0.717, 1.165) is 5.56 Å². The van der Waals surface area contributed by atoms with E-state index in [0.29, 0.717) is 18.7 Å². The Balaban J connectivity index is 2.73. The Hall–Kier alpha value is -1.69. The summed E-state index contributed by atoms with van der Waals surface area (Å²) in [5, 5.41) is 5.37. The van der Waals surface area contributed by atoms with Gasteiger partial charge in [-0.15, -0.1) is 0 Å². The zero-order valence-electron chi connectivity index (χ0n) is 13.3. The number of amides is 2. The number of hydrogen-bond donors (Lipinski definition) is 3. The zero-order chi connectivity index (χ0) is 16.6. The highest BCUT2D eigenvalue weighted by Crippen LogP contribution is 2.08. The number of alkyl carbamates (subject to hydrolysis) is 1. The Kier molecular flexibility index (Phi) is 7.24. The number of hydrogen-bond acceptors (Lipinski definition) is 4. The van der Waals surface area contributed by atoms with Crippen molar-refractivity contribution in [1.82, 2.24) is 10.6 Å². The Labute approximate surface area is 137 Å². The van der Waals surface area contributed by atoms with Gasteiger partial charge in [-0.3, -0.25) is 4.79 Å². The van der Waals surface area contributed by atoms with Crippen molar-refractivity contribution < 1.29 is 14.3 Å². The van der Waals surface area contributed by atoms with E-state index in [9.17, 15) is 9.59 Å². The summed E-state index contributed by atoms with van der Waals surface area (Å²) in [7, 11) is 0. The quantitative estimate of drug-likeness (QED) is 0.703. The monoisotopic (exact) mass is 324 g/mol. The van der Waals surface area contributed by atoms with Crippen LogP contribution in [0.1, 0.15) is 26.3 Å². The molecule has 1 aromatic rings. The first-order chi connectivity index (χ1) is 10.3. The van der Waals surface area contributed by atoms with Crippen molar-refractivity contribution in [3.63, 3.8) is 0 Å². The molecular weight excluding hydrogens is 300 g/mol. The summed E-state index contributed by atoms with van der Waals surface area (Å²) in [5.74, 6) is 0.291. The molecule has 0 saturated carbocycles. The molecule has 2 N–H and O–H groups in total. The molecule has 0 radical (unpaired) electrons. The van der Waals surface area contributed by atoms with Crippen molar-refractivity contribution in [3.8, 4) is 0 Å². The highest BCUT2D eigenvalue weighted by atomic mass is 32.1. The number of nitrogens with one attached hydrogen (secondary N) is 2. The van der Waals surface area contributed by atoms with E-state index in [2.05, 4.69) is 23.3 Å². The summed E-state index contributed by atoms with van der Waals surface area (Å²) in [6, 6.07) is 8.83. The number of carbonyl (C=O) groups excluding carboxylic acids is 2. The average Bonchev–Trinajstić information content (AvgIpc) is 2.43. The van der Waals surface area contributed by atoms with Crippen LogP contribution in [0.15, 0.2) is 30.3 Å². The highest BCUT2D eigenvalue weighted by Gasteiger charge is 2.24. The molecule has 0 fully saturated rings. The highest BCUT2D eigenvalue weighted by molar-refractivity contribution is 7.80. The minimum Gasteiger partial charge on any atom is -0.444 e. The Morgan fingerprint density at radius 1 is 1.23 bits per heavy atom. The molecule has 0 aliphatic rings. The molecular formula is C16H24N2O3S. The van der Waals surface area contributed by atoms with Gasteiger partial charge in [0, 0.05) is 18.7 Å². The standard InChI is InChI=1S/C16H24N2O3S/c1-16(2,3)21-15(20)18-13(14(19)17-9-10-22)11-12-7-5-4-6-8-12/h4-8,13,22H,9-11H2,1-3H3,(H,17,19)(H,18,20)/t13-/m1/s1. The summed E-state index contributed by atoms with van der Waals surface area (Å²) in [4.78, 5) is 24.1. The first kappa shape index (κ1) is 18.4. The third kappa shape index (κ3) is 7.36. The predicted molar refractivity (Wildman–Crippen MR) is 90.2 cm³/mol. The van der Waals surface area contributed by atoms with Crippen LogP contribution in [0.2, 0.25) is 0 Å². The minimum absolute atomic E-state index is 0.247. The van der Waals surface area contributed by atoms with E-state index >= 15 is 0 Å². The summed E-state index contributed by atoms with van der Waals surface area (Å²) in [5.41, 5.74) is 0.354. The van der Waals surface area contributed by atoms with Gasteiger partial charge in [0.1, 0.15) is 11.6 Å². The lowest BCUT2D eigenvalue weighted by Gasteiger charge is -2.23. The van der Waals surface area contributed by atoms with Crippen molar-refractivity contribution in [2.45, 2.75) is 38.8 Å². The van der Waals surface area contributed by atoms with Gasteiger partial charge in [-0.25, -0.2) is 4.79 Å². The number of rotatable bonds is 6. The van der Waals surface area contributed by atoms with Crippen LogP contribution >= 0.6 is 12.6 Å². The molecule has 6 heteroatoms. The van der Waals surface area contributed by atoms with Crippen molar-refractivity contribution in [3.05, 3.63) is 35.9 Å². The Morgan fingerprint density at radius 2 is 1.86 bits per heavy atom.